The third-order valence-electron chi connectivity index (χ3n) is 4.72. The lowest BCUT2D eigenvalue weighted by molar-refractivity contribution is -0.00183. The largest absolute Gasteiger partial charge is 0.390 e. The van der Waals surface area contributed by atoms with E-state index in [-0.39, 0.29) is 6.10 Å². The van der Waals surface area contributed by atoms with Gasteiger partial charge in [-0.2, -0.15) is 5.10 Å². The summed E-state index contributed by atoms with van der Waals surface area (Å²) in [6, 6.07) is 2.47. The minimum absolute atomic E-state index is 0.281. The lowest BCUT2D eigenvalue weighted by Crippen LogP contribution is -2.49. The predicted octanol–water partition coefficient (Wildman–Crippen LogP) is 0.431. The van der Waals surface area contributed by atoms with Crippen LogP contribution in [0.1, 0.15) is 19.3 Å². The van der Waals surface area contributed by atoms with Crippen LogP contribution in [0.3, 0.4) is 0 Å². The number of nitrogens with zero attached hydrogens (tertiary/aromatic N) is 4. The van der Waals surface area contributed by atoms with Gasteiger partial charge in [-0.3, -0.25) is 14.5 Å². The molecule has 6 nitrogen and oxygen atoms in total. The van der Waals surface area contributed by atoms with Crippen LogP contribution in [0.2, 0.25) is 0 Å². The topological polar surface area (TPSA) is 53.8 Å². The number of likely N-dealkylation sites (tertiary alicyclic amines) is 1. The molecule has 0 aromatic carbocycles. The Morgan fingerprint density at radius 2 is 2.05 bits per heavy atom. The smallest absolute Gasteiger partial charge is 0.0793 e. The predicted molar refractivity (Wildman–Crippen MR) is 84.7 cm³/mol. The van der Waals surface area contributed by atoms with E-state index in [1.165, 1.54) is 19.3 Å². The van der Waals surface area contributed by atoms with Crippen molar-refractivity contribution in [2.75, 3.05) is 45.9 Å². The summed E-state index contributed by atoms with van der Waals surface area (Å²) in [5.41, 5.74) is 0. The Hall–Kier alpha value is -0.950. The number of hydrogen-bond acceptors (Lipinski definition) is 5. The first kappa shape index (κ1) is 15.9. The number of morpholine rings is 1. The highest BCUT2D eigenvalue weighted by Crippen LogP contribution is 2.19. The van der Waals surface area contributed by atoms with Crippen molar-refractivity contribution in [3.63, 3.8) is 0 Å². The molecule has 2 saturated heterocycles. The normalized spacial score (nSPS) is 26.1. The maximum absolute atomic E-state index is 10.5. The Kier molecular flexibility index (Phi) is 5.83. The summed E-state index contributed by atoms with van der Waals surface area (Å²) < 4.78 is 7.37. The summed E-state index contributed by atoms with van der Waals surface area (Å²) in [5, 5.41) is 14.8. The standard InChI is InChI=1S/C16H28N4O2/c21-16(13-18-8-10-22-11-9-18)14-19-6-2-1-4-15(19)12-20-7-3-5-17-20/h3,5,7,15-16,21H,1-2,4,6,8-14H2/t15-,16+/m0/s1. The van der Waals surface area contributed by atoms with Gasteiger partial charge in [0.2, 0.25) is 0 Å². The van der Waals surface area contributed by atoms with Gasteiger partial charge >= 0.3 is 0 Å². The van der Waals surface area contributed by atoms with E-state index in [4.69, 9.17) is 4.74 Å². The van der Waals surface area contributed by atoms with E-state index >= 15 is 0 Å². The average Bonchev–Trinajstić information content (AvgIpc) is 3.03. The van der Waals surface area contributed by atoms with Crippen LogP contribution in [-0.4, -0.2) is 82.8 Å². The quantitative estimate of drug-likeness (QED) is 0.826. The second-order valence-electron chi connectivity index (χ2n) is 6.44. The summed E-state index contributed by atoms with van der Waals surface area (Å²) in [5.74, 6) is 0. The summed E-state index contributed by atoms with van der Waals surface area (Å²) >= 11 is 0. The molecule has 2 aliphatic rings. The fourth-order valence-corrected chi connectivity index (χ4v) is 3.54. The van der Waals surface area contributed by atoms with Crippen LogP contribution >= 0.6 is 0 Å². The fraction of sp³-hybridized carbons (Fsp3) is 0.812. The van der Waals surface area contributed by atoms with Crippen LogP contribution < -0.4 is 0 Å². The van der Waals surface area contributed by atoms with Gasteiger partial charge in [-0.05, 0) is 25.5 Å². The van der Waals surface area contributed by atoms with Gasteiger partial charge in [0.25, 0.3) is 0 Å². The summed E-state index contributed by atoms with van der Waals surface area (Å²) in [6.07, 6.45) is 7.29. The van der Waals surface area contributed by atoms with Crippen molar-refractivity contribution < 1.29 is 9.84 Å². The van der Waals surface area contributed by atoms with Gasteiger partial charge in [-0.25, -0.2) is 0 Å². The summed E-state index contributed by atoms with van der Waals surface area (Å²) in [7, 11) is 0. The van der Waals surface area contributed by atoms with Gasteiger partial charge < -0.3 is 9.84 Å². The molecule has 124 valence electrons. The first-order chi connectivity index (χ1) is 10.8. The van der Waals surface area contributed by atoms with Crippen molar-refractivity contribution in [2.45, 2.75) is 38.0 Å². The maximum atomic E-state index is 10.5. The number of ether oxygens (including phenoxy) is 1. The van der Waals surface area contributed by atoms with Crippen LogP contribution in [0.4, 0.5) is 0 Å². The van der Waals surface area contributed by atoms with E-state index in [0.29, 0.717) is 6.04 Å². The molecule has 0 bridgehead atoms. The minimum atomic E-state index is -0.281. The Labute approximate surface area is 132 Å². The lowest BCUT2D eigenvalue weighted by Gasteiger charge is -2.38. The SMILES string of the molecule is O[C@H](CN1CCOCC1)CN1CCCC[C@H]1Cn1cccn1. The molecular weight excluding hydrogens is 280 g/mol. The molecule has 0 aliphatic carbocycles. The molecule has 0 spiro atoms. The highest BCUT2D eigenvalue weighted by atomic mass is 16.5. The second kappa shape index (κ2) is 8.06. The van der Waals surface area contributed by atoms with Crippen LogP contribution in [0.15, 0.2) is 18.5 Å². The van der Waals surface area contributed by atoms with Crippen LogP contribution in [0.5, 0.6) is 0 Å². The average molecular weight is 308 g/mol. The van der Waals surface area contributed by atoms with E-state index < -0.39 is 0 Å². The molecule has 3 heterocycles. The first-order valence-electron chi connectivity index (χ1n) is 8.51. The van der Waals surface area contributed by atoms with Gasteiger partial charge in [0.1, 0.15) is 0 Å². The molecule has 1 N–H and O–H groups in total. The van der Waals surface area contributed by atoms with Crippen molar-refractivity contribution in [2.24, 2.45) is 0 Å². The van der Waals surface area contributed by atoms with Crippen molar-refractivity contribution in [1.29, 1.82) is 0 Å². The van der Waals surface area contributed by atoms with Crippen LogP contribution in [0.25, 0.3) is 0 Å². The van der Waals surface area contributed by atoms with E-state index in [9.17, 15) is 5.11 Å². The molecule has 0 saturated carbocycles. The molecule has 3 rings (SSSR count). The minimum Gasteiger partial charge on any atom is -0.390 e. The second-order valence-corrected chi connectivity index (χ2v) is 6.44. The lowest BCUT2D eigenvalue weighted by atomic mass is 10.0. The van der Waals surface area contributed by atoms with Gasteiger partial charge in [0.15, 0.2) is 0 Å². The van der Waals surface area contributed by atoms with Gasteiger partial charge in [0.05, 0.1) is 25.9 Å². The fourth-order valence-electron chi connectivity index (χ4n) is 3.54. The zero-order valence-electron chi connectivity index (χ0n) is 13.3. The Morgan fingerprint density at radius 1 is 1.18 bits per heavy atom. The number of aromatic nitrogens is 2. The van der Waals surface area contributed by atoms with E-state index in [0.717, 1.165) is 52.5 Å². The number of aliphatic hydroxyl groups excluding tert-OH is 1. The molecule has 2 aliphatic heterocycles. The number of piperidine rings is 1. The number of β-amino-alcohol motifs (C(OH)–C–C–N with tert-alkyl or cyclic N) is 1. The number of aliphatic hydroxyl groups is 1. The Balaban J connectivity index is 1.49. The monoisotopic (exact) mass is 308 g/mol. The molecule has 0 unspecified atom stereocenters. The van der Waals surface area contributed by atoms with Gasteiger partial charge in [-0.1, -0.05) is 6.42 Å². The molecule has 1 aromatic heterocycles. The summed E-state index contributed by atoms with van der Waals surface area (Å²) in [6.45, 7) is 7.00. The highest BCUT2D eigenvalue weighted by Gasteiger charge is 2.25. The van der Waals surface area contributed by atoms with Gasteiger partial charge in [-0.15, -0.1) is 0 Å². The van der Waals surface area contributed by atoms with Crippen molar-refractivity contribution in [3.8, 4) is 0 Å². The highest BCUT2D eigenvalue weighted by molar-refractivity contribution is 4.84. The van der Waals surface area contributed by atoms with E-state index in [1.807, 2.05) is 23.1 Å². The summed E-state index contributed by atoms with van der Waals surface area (Å²) in [4.78, 5) is 4.76. The van der Waals surface area contributed by atoms with Crippen LogP contribution in [0, 0.1) is 0 Å². The molecule has 2 fully saturated rings. The molecule has 6 heteroatoms. The van der Waals surface area contributed by atoms with Crippen molar-refractivity contribution >= 4 is 0 Å². The van der Waals surface area contributed by atoms with Crippen molar-refractivity contribution in [3.05, 3.63) is 18.5 Å². The van der Waals surface area contributed by atoms with Gasteiger partial charge in [0, 0.05) is 44.6 Å². The zero-order valence-corrected chi connectivity index (χ0v) is 13.3. The molecule has 0 radical (unpaired) electrons. The third-order valence-corrected chi connectivity index (χ3v) is 4.72. The zero-order chi connectivity index (χ0) is 15.2. The Morgan fingerprint density at radius 3 is 2.82 bits per heavy atom. The number of rotatable bonds is 6. The van der Waals surface area contributed by atoms with Crippen molar-refractivity contribution in [1.82, 2.24) is 19.6 Å². The molecule has 2 atom stereocenters. The first-order valence-corrected chi connectivity index (χ1v) is 8.51. The molecule has 1 aromatic rings. The Bertz CT molecular complexity index is 420. The van der Waals surface area contributed by atoms with E-state index in [1.54, 1.807) is 0 Å². The van der Waals surface area contributed by atoms with Crippen LogP contribution in [-0.2, 0) is 11.3 Å². The molecule has 22 heavy (non-hydrogen) atoms. The molecular formula is C16H28N4O2. The maximum Gasteiger partial charge on any atom is 0.0793 e. The number of hydrogen-bond donors (Lipinski definition) is 1. The third kappa shape index (κ3) is 4.52. The van der Waals surface area contributed by atoms with E-state index in [2.05, 4.69) is 14.9 Å². The molecule has 0 amide bonds.